The molecule has 0 fully saturated rings. The zero-order chi connectivity index (χ0) is 19.2. The lowest BCUT2D eigenvalue weighted by molar-refractivity contribution is 0.273. The van der Waals surface area contributed by atoms with E-state index in [2.05, 4.69) is 23.8 Å². The van der Waals surface area contributed by atoms with Gasteiger partial charge >= 0.3 is 0 Å². The monoisotopic (exact) mass is 364 g/mol. The van der Waals surface area contributed by atoms with E-state index in [1.54, 1.807) is 13.2 Å². The van der Waals surface area contributed by atoms with E-state index in [1.807, 2.05) is 48.5 Å². The third-order valence-corrected chi connectivity index (χ3v) is 4.20. The number of para-hydroxylation sites is 2. The van der Waals surface area contributed by atoms with Crippen LogP contribution in [0.2, 0.25) is 0 Å². The number of rotatable bonds is 7. The molecule has 0 amide bonds. The topological polar surface area (TPSA) is 64.2 Å². The molecule has 0 radical (unpaired) electrons. The highest BCUT2D eigenvalue weighted by molar-refractivity contribution is 5.76. The molecule has 0 aliphatic rings. The van der Waals surface area contributed by atoms with Crippen molar-refractivity contribution in [1.82, 2.24) is 9.97 Å². The Morgan fingerprint density at radius 2 is 1.93 bits per heavy atom. The van der Waals surface area contributed by atoms with Crippen LogP contribution in [0, 0.1) is 5.92 Å². The van der Waals surface area contributed by atoms with Gasteiger partial charge in [0, 0.05) is 0 Å². The largest absolute Gasteiger partial charge is 0.493 e. The smallest absolute Gasteiger partial charge is 0.274 e. The summed E-state index contributed by atoms with van der Waals surface area (Å²) < 4.78 is 11.2. The number of nitrogens with zero attached hydrogens (tertiary/aromatic N) is 1. The van der Waals surface area contributed by atoms with Gasteiger partial charge in [-0.15, -0.1) is 0 Å². The molecule has 5 heteroatoms. The molecule has 140 valence electrons. The lowest BCUT2D eigenvalue weighted by Gasteiger charge is -2.12. The Hall–Kier alpha value is -3.08. The summed E-state index contributed by atoms with van der Waals surface area (Å²) in [7, 11) is 1.62. The minimum absolute atomic E-state index is 0.217. The van der Waals surface area contributed by atoms with Crippen molar-refractivity contribution < 1.29 is 9.47 Å². The zero-order valence-electron chi connectivity index (χ0n) is 15.9. The summed E-state index contributed by atoms with van der Waals surface area (Å²) in [4.78, 5) is 19.5. The fourth-order valence-corrected chi connectivity index (χ4v) is 2.64. The Morgan fingerprint density at radius 3 is 2.70 bits per heavy atom. The second-order valence-corrected chi connectivity index (χ2v) is 6.74. The molecule has 1 heterocycles. The van der Waals surface area contributed by atoms with Crippen molar-refractivity contribution in [3.05, 3.63) is 64.1 Å². The van der Waals surface area contributed by atoms with Gasteiger partial charge in [0.15, 0.2) is 11.5 Å². The fourth-order valence-electron chi connectivity index (χ4n) is 2.64. The summed E-state index contributed by atoms with van der Waals surface area (Å²) in [6.07, 6.45) is 4.54. The first-order valence-electron chi connectivity index (χ1n) is 9.05. The lowest BCUT2D eigenvalue weighted by Crippen LogP contribution is -2.11. The van der Waals surface area contributed by atoms with Gasteiger partial charge in [-0.25, -0.2) is 4.98 Å². The molecule has 27 heavy (non-hydrogen) atoms. The lowest BCUT2D eigenvalue weighted by atomic mass is 10.1. The summed E-state index contributed by atoms with van der Waals surface area (Å²) >= 11 is 0. The van der Waals surface area contributed by atoms with Crippen LogP contribution in [-0.2, 0) is 0 Å². The molecule has 0 saturated carbocycles. The first-order chi connectivity index (χ1) is 13.1. The van der Waals surface area contributed by atoms with E-state index in [9.17, 15) is 4.79 Å². The molecule has 1 aromatic heterocycles. The number of hydrogen-bond acceptors (Lipinski definition) is 4. The molecule has 5 nitrogen and oxygen atoms in total. The number of nitrogens with one attached hydrogen (secondary N) is 1. The number of fused-ring (bicyclic) bond motifs is 1. The number of aromatic nitrogens is 2. The van der Waals surface area contributed by atoms with Crippen molar-refractivity contribution in [3.8, 4) is 11.5 Å². The number of ether oxygens (including phenoxy) is 2. The van der Waals surface area contributed by atoms with Gasteiger partial charge in [-0.2, -0.15) is 0 Å². The van der Waals surface area contributed by atoms with E-state index in [-0.39, 0.29) is 5.56 Å². The molecule has 3 rings (SSSR count). The van der Waals surface area contributed by atoms with E-state index in [4.69, 9.17) is 9.47 Å². The summed E-state index contributed by atoms with van der Waals surface area (Å²) in [6, 6.07) is 13.2. The van der Waals surface area contributed by atoms with Crippen LogP contribution in [0.4, 0.5) is 0 Å². The first-order valence-corrected chi connectivity index (χ1v) is 9.05. The fraction of sp³-hybridized carbons (Fsp3) is 0.273. The van der Waals surface area contributed by atoms with Gasteiger partial charge in [-0.05, 0) is 48.2 Å². The number of aromatic amines is 1. The molecule has 0 saturated heterocycles. The van der Waals surface area contributed by atoms with Crippen molar-refractivity contribution in [3.63, 3.8) is 0 Å². The Balaban J connectivity index is 1.81. The summed E-state index contributed by atoms with van der Waals surface area (Å²) in [5.74, 6) is 1.98. The number of H-pyrrole nitrogens is 1. The molecule has 0 unspecified atom stereocenters. The Bertz CT molecular complexity index is 1010. The summed E-state index contributed by atoms with van der Waals surface area (Å²) in [5, 5.41) is 0. The molecule has 1 N–H and O–H groups in total. The highest BCUT2D eigenvalue weighted by Gasteiger charge is 2.06. The Kier molecular flexibility index (Phi) is 5.91. The van der Waals surface area contributed by atoms with Crippen LogP contribution in [0.3, 0.4) is 0 Å². The van der Waals surface area contributed by atoms with Crippen molar-refractivity contribution in [2.24, 2.45) is 5.92 Å². The highest BCUT2D eigenvalue weighted by Crippen LogP contribution is 2.29. The number of methoxy groups -OCH3 is 1. The van der Waals surface area contributed by atoms with Crippen molar-refractivity contribution >= 4 is 23.2 Å². The maximum absolute atomic E-state index is 12.2. The van der Waals surface area contributed by atoms with Gasteiger partial charge in [0.05, 0.1) is 24.8 Å². The minimum atomic E-state index is -0.217. The molecular formula is C22H24N2O3. The van der Waals surface area contributed by atoms with Crippen LogP contribution in [0.25, 0.3) is 23.2 Å². The van der Waals surface area contributed by atoms with Crippen LogP contribution in [0.5, 0.6) is 11.5 Å². The Morgan fingerprint density at radius 1 is 1.11 bits per heavy atom. The Labute approximate surface area is 158 Å². The van der Waals surface area contributed by atoms with Gasteiger partial charge in [-0.1, -0.05) is 38.1 Å². The number of hydrogen-bond donors (Lipinski definition) is 1. The van der Waals surface area contributed by atoms with Gasteiger partial charge in [-0.3, -0.25) is 4.79 Å². The minimum Gasteiger partial charge on any atom is -0.493 e. The molecule has 0 spiro atoms. The maximum Gasteiger partial charge on any atom is 0.274 e. The molecule has 0 bridgehead atoms. The second kappa shape index (κ2) is 8.54. The zero-order valence-corrected chi connectivity index (χ0v) is 15.9. The van der Waals surface area contributed by atoms with Crippen LogP contribution in [0.1, 0.15) is 31.5 Å². The SMILES string of the molecule is COc1cc(/C=C/c2nc3ccccc3[nH]c2=O)ccc1OCCC(C)C. The molecule has 0 aliphatic heterocycles. The van der Waals surface area contributed by atoms with Gasteiger partial charge in [0.25, 0.3) is 5.56 Å². The average molecular weight is 364 g/mol. The van der Waals surface area contributed by atoms with Gasteiger partial charge in [0.1, 0.15) is 5.69 Å². The molecule has 0 aliphatic carbocycles. The quantitative estimate of drug-likeness (QED) is 0.669. The van der Waals surface area contributed by atoms with Crippen LogP contribution < -0.4 is 15.0 Å². The van der Waals surface area contributed by atoms with Crippen molar-refractivity contribution in [1.29, 1.82) is 0 Å². The molecule has 2 aromatic carbocycles. The van der Waals surface area contributed by atoms with Crippen molar-refractivity contribution in [2.45, 2.75) is 20.3 Å². The van der Waals surface area contributed by atoms with E-state index in [0.29, 0.717) is 24.0 Å². The average Bonchev–Trinajstić information content (AvgIpc) is 2.66. The molecule has 3 aromatic rings. The number of benzene rings is 2. The standard InChI is InChI=1S/C22H24N2O3/c1-15(2)12-13-27-20-11-9-16(14-21(20)26-3)8-10-19-22(25)24-18-7-5-4-6-17(18)23-19/h4-11,14-15H,12-13H2,1-3H3,(H,24,25)/b10-8+. The van der Waals surface area contributed by atoms with E-state index < -0.39 is 0 Å². The highest BCUT2D eigenvalue weighted by atomic mass is 16.5. The van der Waals surface area contributed by atoms with Gasteiger partial charge < -0.3 is 14.5 Å². The van der Waals surface area contributed by atoms with Crippen molar-refractivity contribution in [2.75, 3.05) is 13.7 Å². The van der Waals surface area contributed by atoms with E-state index in [0.717, 1.165) is 28.8 Å². The first kappa shape index (κ1) is 18.7. The predicted molar refractivity (Wildman–Crippen MR) is 109 cm³/mol. The van der Waals surface area contributed by atoms with Crippen LogP contribution in [-0.4, -0.2) is 23.7 Å². The third kappa shape index (κ3) is 4.76. The molecule has 0 atom stereocenters. The van der Waals surface area contributed by atoms with Gasteiger partial charge in [0.2, 0.25) is 0 Å². The van der Waals surface area contributed by atoms with Crippen LogP contribution >= 0.6 is 0 Å². The maximum atomic E-state index is 12.2. The van der Waals surface area contributed by atoms with E-state index >= 15 is 0 Å². The predicted octanol–water partition coefficient (Wildman–Crippen LogP) is 4.53. The second-order valence-electron chi connectivity index (χ2n) is 6.74. The summed E-state index contributed by atoms with van der Waals surface area (Å²) in [6.45, 7) is 4.98. The third-order valence-electron chi connectivity index (χ3n) is 4.20. The molecular weight excluding hydrogens is 340 g/mol. The van der Waals surface area contributed by atoms with E-state index in [1.165, 1.54) is 0 Å². The normalized spacial score (nSPS) is 11.4. The summed E-state index contributed by atoms with van der Waals surface area (Å²) in [5.41, 5.74) is 2.53. The van der Waals surface area contributed by atoms with Crippen LogP contribution in [0.15, 0.2) is 47.3 Å².